The van der Waals surface area contributed by atoms with Crippen molar-refractivity contribution in [1.82, 2.24) is 15.5 Å². The Morgan fingerprint density at radius 3 is 2.33 bits per heavy atom. The lowest BCUT2D eigenvalue weighted by molar-refractivity contribution is -0.115. The molecule has 3 aromatic rings. The van der Waals surface area contributed by atoms with Crippen molar-refractivity contribution in [3.05, 3.63) is 76.8 Å². The second kappa shape index (κ2) is 11.0. The number of carbonyl (C=O) groups is 1. The molecule has 0 aliphatic carbocycles. The molecule has 0 aliphatic heterocycles. The standard InChI is InChI=1S/C21H18BrN5O4S2/c1-31-20-13-11-18(25-26-20)27-33(29,30)17-9-7-16(8-10-17)23-21(32)24-19(28)12-4-14-2-5-15(22)6-3-14/h2-13H,1H3,(H,25,27)(H2,23,24,28,32)/b12-4+. The number of aromatic nitrogens is 2. The van der Waals surface area contributed by atoms with Gasteiger partial charge in [0.15, 0.2) is 10.9 Å². The van der Waals surface area contributed by atoms with E-state index >= 15 is 0 Å². The summed E-state index contributed by atoms with van der Waals surface area (Å²) in [6.07, 6.45) is 3.02. The van der Waals surface area contributed by atoms with Crippen LogP contribution in [0.3, 0.4) is 0 Å². The highest BCUT2D eigenvalue weighted by molar-refractivity contribution is 9.10. The fourth-order valence-corrected chi connectivity index (χ4v) is 3.94. The maximum atomic E-state index is 12.5. The zero-order chi connectivity index (χ0) is 23.8. The van der Waals surface area contributed by atoms with Gasteiger partial charge in [-0.1, -0.05) is 28.1 Å². The number of benzene rings is 2. The van der Waals surface area contributed by atoms with Crippen molar-refractivity contribution in [2.75, 3.05) is 17.1 Å². The molecule has 0 bridgehead atoms. The van der Waals surface area contributed by atoms with Crippen LogP contribution in [0.15, 0.2) is 76.1 Å². The Morgan fingerprint density at radius 2 is 1.73 bits per heavy atom. The van der Waals surface area contributed by atoms with E-state index in [2.05, 4.69) is 41.5 Å². The van der Waals surface area contributed by atoms with Crippen LogP contribution >= 0.6 is 28.1 Å². The second-order valence-corrected chi connectivity index (χ2v) is 9.43. The smallest absolute Gasteiger partial charge is 0.263 e. The largest absolute Gasteiger partial charge is 0.480 e. The van der Waals surface area contributed by atoms with Crippen molar-refractivity contribution >= 4 is 66.8 Å². The number of thiocarbonyl (C=S) groups is 1. The average Bonchev–Trinajstić information content (AvgIpc) is 2.79. The first-order chi connectivity index (χ1) is 15.7. The molecule has 0 fully saturated rings. The summed E-state index contributed by atoms with van der Waals surface area (Å²) in [6.45, 7) is 0. The van der Waals surface area contributed by atoms with E-state index in [0.717, 1.165) is 10.0 Å². The van der Waals surface area contributed by atoms with E-state index in [1.54, 1.807) is 6.08 Å². The summed E-state index contributed by atoms with van der Waals surface area (Å²) in [5.74, 6) is -0.0854. The van der Waals surface area contributed by atoms with Gasteiger partial charge in [0.2, 0.25) is 11.8 Å². The Kier molecular flexibility index (Phi) is 8.09. The van der Waals surface area contributed by atoms with Gasteiger partial charge in [-0.2, -0.15) is 0 Å². The number of nitrogens with one attached hydrogen (secondary N) is 3. The minimum Gasteiger partial charge on any atom is -0.480 e. The van der Waals surface area contributed by atoms with Crippen LogP contribution < -0.4 is 20.1 Å². The third-order valence-corrected chi connectivity index (χ3v) is 6.15. The SMILES string of the molecule is COc1ccc(NS(=O)(=O)c2ccc(NC(=S)NC(=O)/C=C/c3ccc(Br)cc3)cc2)nn1. The third-order valence-electron chi connectivity index (χ3n) is 4.04. The van der Waals surface area contributed by atoms with Gasteiger partial charge in [-0.3, -0.25) is 14.8 Å². The molecule has 33 heavy (non-hydrogen) atoms. The van der Waals surface area contributed by atoms with E-state index in [-0.39, 0.29) is 21.7 Å². The topological polar surface area (TPSA) is 122 Å². The van der Waals surface area contributed by atoms with Crippen molar-refractivity contribution in [3.63, 3.8) is 0 Å². The van der Waals surface area contributed by atoms with Crippen LogP contribution in [0.4, 0.5) is 11.5 Å². The van der Waals surface area contributed by atoms with Crippen LogP contribution in [-0.2, 0) is 14.8 Å². The summed E-state index contributed by atoms with van der Waals surface area (Å²) < 4.78 is 33.2. The van der Waals surface area contributed by atoms with Gasteiger partial charge in [-0.25, -0.2) is 8.42 Å². The second-order valence-electron chi connectivity index (χ2n) is 6.42. The molecular formula is C21H18BrN5O4S2. The monoisotopic (exact) mass is 547 g/mol. The Labute approximate surface area is 204 Å². The molecule has 1 heterocycles. The van der Waals surface area contributed by atoms with Crippen molar-refractivity contribution in [2.24, 2.45) is 0 Å². The number of sulfonamides is 1. The molecule has 2 aromatic carbocycles. The average molecular weight is 548 g/mol. The lowest BCUT2D eigenvalue weighted by atomic mass is 10.2. The van der Waals surface area contributed by atoms with Gasteiger partial charge >= 0.3 is 0 Å². The number of anilines is 2. The number of hydrogen-bond donors (Lipinski definition) is 3. The van der Waals surface area contributed by atoms with E-state index in [1.165, 1.54) is 49.6 Å². The summed E-state index contributed by atoms with van der Waals surface area (Å²) >= 11 is 8.48. The Balaban J connectivity index is 1.56. The number of carbonyl (C=O) groups excluding carboxylic acids is 1. The molecule has 1 aromatic heterocycles. The van der Waals surface area contributed by atoms with Crippen LogP contribution in [0.25, 0.3) is 6.08 Å². The molecule has 12 heteroatoms. The van der Waals surface area contributed by atoms with Crippen LogP contribution in [0.5, 0.6) is 5.88 Å². The molecule has 9 nitrogen and oxygen atoms in total. The molecule has 0 saturated heterocycles. The Bertz CT molecular complexity index is 1260. The van der Waals surface area contributed by atoms with Crippen LogP contribution in [0.1, 0.15) is 5.56 Å². The fourth-order valence-electron chi connectivity index (χ4n) is 2.46. The maximum absolute atomic E-state index is 12.5. The molecule has 170 valence electrons. The number of halogens is 1. The molecular weight excluding hydrogens is 530 g/mol. The maximum Gasteiger partial charge on any atom is 0.263 e. The van der Waals surface area contributed by atoms with Crippen LogP contribution in [0, 0.1) is 0 Å². The van der Waals surface area contributed by atoms with Gasteiger partial charge in [0.1, 0.15) is 0 Å². The summed E-state index contributed by atoms with van der Waals surface area (Å²) in [5.41, 5.74) is 1.36. The third kappa shape index (κ3) is 7.34. The first kappa shape index (κ1) is 24.3. The van der Waals surface area contributed by atoms with E-state index < -0.39 is 15.9 Å². The van der Waals surface area contributed by atoms with E-state index in [4.69, 9.17) is 17.0 Å². The van der Waals surface area contributed by atoms with Gasteiger partial charge in [-0.05, 0) is 66.3 Å². The van der Waals surface area contributed by atoms with E-state index in [9.17, 15) is 13.2 Å². The summed E-state index contributed by atoms with van der Waals surface area (Å²) in [6, 6.07) is 16.2. The van der Waals surface area contributed by atoms with Crippen molar-refractivity contribution in [2.45, 2.75) is 4.90 Å². The van der Waals surface area contributed by atoms with Crippen molar-refractivity contribution in [1.29, 1.82) is 0 Å². The molecule has 0 unspecified atom stereocenters. The minimum atomic E-state index is -3.87. The first-order valence-corrected chi connectivity index (χ1v) is 12.0. The molecule has 0 saturated carbocycles. The summed E-state index contributed by atoms with van der Waals surface area (Å²) in [7, 11) is -2.44. The predicted octanol–water partition coefficient (Wildman–Crippen LogP) is 3.57. The summed E-state index contributed by atoms with van der Waals surface area (Å²) in [4.78, 5) is 12.1. The molecule has 0 atom stereocenters. The molecule has 0 radical (unpaired) electrons. The predicted molar refractivity (Wildman–Crippen MR) is 133 cm³/mol. The zero-order valence-electron chi connectivity index (χ0n) is 17.2. The Hall–Kier alpha value is -3.35. The number of methoxy groups -OCH3 is 1. The highest BCUT2D eigenvalue weighted by Gasteiger charge is 2.15. The lowest BCUT2D eigenvalue weighted by Gasteiger charge is -2.10. The van der Waals surface area contributed by atoms with Gasteiger partial charge in [0.05, 0.1) is 12.0 Å². The minimum absolute atomic E-state index is 0.0121. The van der Waals surface area contributed by atoms with Crippen molar-refractivity contribution in [3.8, 4) is 5.88 Å². The van der Waals surface area contributed by atoms with Gasteiger partial charge < -0.3 is 10.1 Å². The molecule has 3 rings (SSSR count). The molecule has 0 spiro atoms. The highest BCUT2D eigenvalue weighted by Crippen LogP contribution is 2.18. The van der Waals surface area contributed by atoms with Crippen LogP contribution in [-0.4, -0.2) is 36.7 Å². The van der Waals surface area contributed by atoms with Gasteiger partial charge in [-0.15, -0.1) is 10.2 Å². The normalized spacial score (nSPS) is 11.1. The first-order valence-electron chi connectivity index (χ1n) is 9.31. The quantitative estimate of drug-likeness (QED) is 0.303. The highest BCUT2D eigenvalue weighted by atomic mass is 79.9. The zero-order valence-corrected chi connectivity index (χ0v) is 20.4. The van der Waals surface area contributed by atoms with Crippen LogP contribution in [0.2, 0.25) is 0 Å². The molecule has 3 N–H and O–H groups in total. The summed E-state index contributed by atoms with van der Waals surface area (Å²) in [5, 5.41) is 12.9. The molecule has 0 aliphatic rings. The van der Waals surface area contributed by atoms with Gasteiger partial charge in [0, 0.05) is 22.3 Å². The Morgan fingerprint density at radius 1 is 1.03 bits per heavy atom. The fraction of sp³-hybridized carbons (Fsp3) is 0.0476. The number of rotatable bonds is 7. The lowest BCUT2D eigenvalue weighted by Crippen LogP contribution is -2.32. The van der Waals surface area contributed by atoms with E-state index in [0.29, 0.717) is 5.69 Å². The number of hydrogen-bond acceptors (Lipinski definition) is 7. The molecule has 1 amide bonds. The number of nitrogens with zero attached hydrogens (tertiary/aromatic N) is 2. The number of amides is 1. The van der Waals surface area contributed by atoms with Gasteiger partial charge in [0.25, 0.3) is 10.0 Å². The van der Waals surface area contributed by atoms with Crippen molar-refractivity contribution < 1.29 is 17.9 Å². The van der Waals surface area contributed by atoms with E-state index in [1.807, 2.05) is 24.3 Å². The number of ether oxygens (including phenoxy) is 1.